The highest BCUT2D eigenvalue weighted by Crippen LogP contribution is 2.16. The zero-order valence-corrected chi connectivity index (χ0v) is 51.9. The van der Waals surface area contributed by atoms with Crippen molar-refractivity contribution in [1.82, 2.24) is 0 Å². The molecule has 1 atom stereocenters. The summed E-state index contributed by atoms with van der Waals surface area (Å²) in [5.41, 5.74) is 0. The van der Waals surface area contributed by atoms with E-state index < -0.39 is 6.10 Å². The van der Waals surface area contributed by atoms with Gasteiger partial charge in [-0.3, -0.25) is 14.4 Å². The van der Waals surface area contributed by atoms with E-state index in [2.05, 4.69) is 130 Å². The average molecular weight is 1100 g/mol. The van der Waals surface area contributed by atoms with E-state index in [4.69, 9.17) is 14.2 Å². The maximum Gasteiger partial charge on any atom is 0.306 e. The van der Waals surface area contributed by atoms with Gasteiger partial charge in [0.05, 0.1) is 0 Å². The average Bonchev–Trinajstić information content (AvgIpc) is 3.45. The van der Waals surface area contributed by atoms with Crippen molar-refractivity contribution < 1.29 is 28.6 Å². The first-order chi connectivity index (χ1) is 39.0. The third-order valence-electron chi connectivity index (χ3n) is 14.2. The Morgan fingerprint density at radius 2 is 0.494 bits per heavy atom. The number of carbonyl (C=O) groups excluding carboxylic acids is 3. The van der Waals surface area contributed by atoms with Crippen LogP contribution < -0.4 is 0 Å². The van der Waals surface area contributed by atoms with Gasteiger partial charge in [-0.1, -0.05) is 278 Å². The summed E-state index contributed by atoms with van der Waals surface area (Å²) in [7, 11) is 0. The molecule has 0 rings (SSSR count). The van der Waals surface area contributed by atoms with E-state index in [0.29, 0.717) is 19.3 Å². The van der Waals surface area contributed by atoms with Crippen LogP contribution >= 0.6 is 0 Å². The third kappa shape index (κ3) is 64.8. The van der Waals surface area contributed by atoms with Crippen molar-refractivity contribution in [3.8, 4) is 0 Å². The van der Waals surface area contributed by atoms with Gasteiger partial charge in [0.15, 0.2) is 6.10 Å². The Balaban J connectivity index is 4.40. The minimum Gasteiger partial charge on any atom is -0.462 e. The smallest absolute Gasteiger partial charge is 0.306 e. The Kier molecular flexibility index (Phi) is 63.3. The molecule has 0 bridgehead atoms. The molecule has 0 aromatic heterocycles. The molecule has 0 aromatic rings. The summed E-state index contributed by atoms with van der Waals surface area (Å²) in [6.45, 7) is 6.52. The SMILES string of the molecule is CC/C=C\C/C=C\C/C=C\C/C=C\C/C=C\C/C=C\C/C=C\CCCCCCCC(=O)OCC(COC(=O)CCCCCCC/C=C\CCCCCCCC)OC(=O)CCCCCCCCCCC/C=C\CCCCCCCC. The van der Waals surface area contributed by atoms with Crippen molar-refractivity contribution in [2.24, 2.45) is 0 Å². The molecule has 0 aromatic carbocycles. The minimum atomic E-state index is -0.794. The Hall–Kier alpha value is -3.93. The Labute approximate surface area is 489 Å². The van der Waals surface area contributed by atoms with E-state index in [1.54, 1.807) is 0 Å². The van der Waals surface area contributed by atoms with Gasteiger partial charge in [0.2, 0.25) is 0 Å². The highest BCUT2D eigenvalue weighted by molar-refractivity contribution is 5.71. The van der Waals surface area contributed by atoms with Crippen molar-refractivity contribution >= 4 is 17.9 Å². The monoisotopic (exact) mass is 1100 g/mol. The van der Waals surface area contributed by atoms with Crippen LogP contribution in [0, 0.1) is 0 Å². The number of unbranched alkanes of at least 4 members (excludes halogenated alkanes) is 31. The summed E-state index contributed by atoms with van der Waals surface area (Å²) < 4.78 is 16.9. The first-order valence-electron chi connectivity index (χ1n) is 33.4. The third-order valence-corrected chi connectivity index (χ3v) is 14.2. The van der Waals surface area contributed by atoms with Crippen LogP contribution in [-0.2, 0) is 28.6 Å². The quantitative estimate of drug-likeness (QED) is 0.0261. The topological polar surface area (TPSA) is 78.9 Å². The molecule has 1 unspecified atom stereocenters. The molecule has 0 fully saturated rings. The van der Waals surface area contributed by atoms with Gasteiger partial charge in [-0.25, -0.2) is 0 Å². The summed E-state index contributed by atoms with van der Waals surface area (Å²) >= 11 is 0. The summed E-state index contributed by atoms with van der Waals surface area (Å²) in [5, 5.41) is 0. The number of hydrogen-bond acceptors (Lipinski definition) is 6. The maximum absolute atomic E-state index is 12.9. The first kappa shape index (κ1) is 75.1. The van der Waals surface area contributed by atoms with Gasteiger partial charge < -0.3 is 14.2 Å². The molecule has 0 aliphatic heterocycles. The van der Waals surface area contributed by atoms with Crippen LogP contribution in [0.2, 0.25) is 0 Å². The van der Waals surface area contributed by atoms with Crippen LogP contribution in [0.5, 0.6) is 0 Å². The molecule has 452 valence electrons. The van der Waals surface area contributed by atoms with Gasteiger partial charge >= 0.3 is 17.9 Å². The van der Waals surface area contributed by atoms with Gasteiger partial charge in [-0.05, 0) is 128 Å². The highest BCUT2D eigenvalue weighted by atomic mass is 16.6. The van der Waals surface area contributed by atoms with Crippen LogP contribution in [0.1, 0.15) is 316 Å². The molecule has 0 aliphatic carbocycles. The molecule has 79 heavy (non-hydrogen) atoms. The van der Waals surface area contributed by atoms with Crippen molar-refractivity contribution in [3.63, 3.8) is 0 Å². The summed E-state index contributed by atoms with van der Waals surface area (Å²) in [6, 6.07) is 0. The van der Waals surface area contributed by atoms with Gasteiger partial charge in [0.25, 0.3) is 0 Å². The zero-order valence-electron chi connectivity index (χ0n) is 51.9. The maximum atomic E-state index is 12.9. The molecule has 0 N–H and O–H groups in total. The van der Waals surface area contributed by atoms with E-state index >= 15 is 0 Å². The largest absolute Gasteiger partial charge is 0.462 e. The van der Waals surface area contributed by atoms with E-state index in [1.807, 2.05) is 0 Å². The second-order valence-corrected chi connectivity index (χ2v) is 22.0. The lowest BCUT2D eigenvalue weighted by Crippen LogP contribution is -2.30. The summed E-state index contributed by atoms with van der Waals surface area (Å²) in [4.78, 5) is 38.4. The zero-order chi connectivity index (χ0) is 57.1. The Morgan fingerprint density at radius 3 is 0.785 bits per heavy atom. The standard InChI is InChI=1S/C73H124O6/c1-4-7-10-13-16-19-22-25-28-30-32-33-34-35-36-37-38-39-41-42-45-48-51-54-57-60-63-66-72(75)78-69-70(68-77-71(74)65-62-59-56-53-50-47-44-27-24-21-18-15-12-9-6-3)79-73(76)67-64-61-58-55-52-49-46-43-40-31-29-26-23-20-17-14-11-8-5-2/h7,10,16,19,25-29,32-33,35-36,38-39,42,44-45,70H,4-6,8-9,11-15,17-18,20-24,30-31,34,37,40-41,43,46-69H2,1-3H3/b10-7-,19-16-,28-25-,29-26-,33-32-,36-35-,39-38-,44-27-,45-42-. The lowest BCUT2D eigenvalue weighted by atomic mass is 10.1. The second kappa shape index (κ2) is 66.6. The fourth-order valence-electron chi connectivity index (χ4n) is 9.24. The molecule has 0 amide bonds. The number of allylic oxidation sites excluding steroid dienone is 18. The van der Waals surface area contributed by atoms with Gasteiger partial charge in [-0.15, -0.1) is 0 Å². The molecule has 0 saturated carbocycles. The fraction of sp³-hybridized carbons (Fsp3) is 0.712. The van der Waals surface area contributed by atoms with E-state index in [1.165, 1.54) is 148 Å². The Morgan fingerprint density at radius 1 is 0.266 bits per heavy atom. The fourth-order valence-corrected chi connectivity index (χ4v) is 9.24. The van der Waals surface area contributed by atoms with Crippen molar-refractivity contribution in [3.05, 3.63) is 109 Å². The molecular weight excluding hydrogens is 973 g/mol. The van der Waals surface area contributed by atoms with Crippen molar-refractivity contribution in [1.29, 1.82) is 0 Å². The predicted octanol–water partition coefficient (Wildman–Crippen LogP) is 23.0. The minimum absolute atomic E-state index is 0.0890. The molecule has 0 heterocycles. The van der Waals surface area contributed by atoms with Crippen molar-refractivity contribution in [2.75, 3.05) is 13.2 Å². The van der Waals surface area contributed by atoms with Gasteiger partial charge in [0.1, 0.15) is 13.2 Å². The first-order valence-corrected chi connectivity index (χ1v) is 33.4. The number of carbonyl (C=O) groups is 3. The highest BCUT2D eigenvalue weighted by Gasteiger charge is 2.19. The predicted molar refractivity (Wildman–Crippen MR) is 343 cm³/mol. The molecule has 0 radical (unpaired) electrons. The van der Waals surface area contributed by atoms with Crippen molar-refractivity contribution in [2.45, 2.75) is 322 Å². The number of ether oxygens (including phenoxy) is 3. The number of hydrogen-bond donors (Lipinski definition) is 0. The second-order valence-electron chi connectivity index (χ2n) is 22.0. The van der Waals surface area contributed by atoms with E-state index in [0.717, 1.165) is 128 Å². The lowest BCUT2D eigenvalue weighted by molar-refractivity contribution is -0.167. The van der Waals surface area contributed by atoms with E-state index in [-0.39, 0.29) is 31.1 Å². The van der Waals surface area contributed by atoms with Crippen LogP contribution in [0.25, 0.3) is 0 Å². The molecule has 6 nitrogen and oxygen atoms in total. The lowest BCUT2D eigenvalue weighted by Gasteiger charge is -2.18. The van der Waals surface area contributed by atoms with Gasteiger partial charge in [-0.2, -0.15) is 0 Å². The van der Waals surface area contributed by atoms with Crippen LogP contribution in [0.3, 0.4) is 0 Å². The van der Waals surface area contributed by atoms with Crippen LogP contribution in [-0.4, -0.2) is 37.2 Å². The van der Waals surface area contributed by atoms with Crippen LogP contribution in [0.15, 0.2) is 109 Å². The Bertz CT molecular complexity index is 1590. The number of rotatable bonds is 60. The van der Waals surface area contributed by atoms with E-state index in [9.17, 15) is 14.4 Å². The van der Waals surface area contributed by atoms with Gasteiger partial charge in [0, 0.05) is 19.3 Å². The molecule has 6 heteroatoms. The molecular formula is C73H124O6. The van der Waals surface area contributed by atoms with Crippen LogP contribution in [0.4, 0.5) is 0 Å². The number of esters is 3. The molecule has 0 spiro atoms. The summed E-state index contributed by atoms with van der Waals surface area (Å²) in [5.74, 6) is -0.909. The molecule has 0 aliphatic rings. The normalized spacial score (nSPS) is 12.8. The molecule has 0 saturated heterocycles. The summed E-state index contributed by atoms with van der Waals surface area (Å²) in [6.07, 6.45) is 90.9.